The lowest BCUT2D eigenvalue weighted by Crippen LogP contribution is -2.08. The molecule has 0 aliphatic heterocycles. The van der Waals surface area contributed by atoms with Crippen LogP contribution in [0, 0.1) is 5.82 Å². The Hall–Kier alpha value is -3.53. The summed E-state index contributed by atoms with van der Waals surface area (Å²) < 4.78 is 55.0. The van der Waals surface area contributed by atoms with Crippen LogP contribution < -0.4 is 11.1 Å². The van der Waals surface area contributed by atoms with Crippen LogP contribution in [0.25, 0.3) is 33.4 Å². The number of nitrogens with two attached hydrogens (primary N) is 1. The van der Waals surface area contributed by atoms with Crippen molar-refractivity contribution >= 4 is 17.0 Å². The van der Waals surface area contributed by atoms with E-state index >= 15 is 0 Å². The van der Waals surface area contributed by atoms with Crippen LogP contribution in [0.15, 0.2) is 48.7 Å². The Kier molecular flexibility index (Phi) is 6.28. The highest BCUT2D eigenvalue weighted by molar-refractivity contribution is 5.91. The molecule has 6 nitrogen and oxygen atoms in total. The number of hydrogen-bond acceptors (Lipinski definition) is 5. The van der Waals surface area contributed by atoms with Crippen molar-refractivity contribution in [2.24, 2.45) is 12.8 Å². The van der Waals surface area contributed by atoms with Crippen molar-refractivity contribution in [1.29, 1.82) is 0 Å². The van der Waals surface area contributed by atoms with E-state index < -0.39 is 17.6 Å². The summed E-state index contributed by atoms with van der Waals surface area (Å²) in [5.41, 5.74) is 6.79. The number of benzene rings is 2. The first-order valence-corrected chi connectivity index (χ1v) is 10.4. The van der Waals surface area contributed by atoms with Crippen LogP contribution >= 0.6 is 0 Å². The van der Waals surface area contributed by atoms with E-state index in [1.165, 1.54) is 0 Å². The second kappa shape index (κ2) is 9.14. The number of alkyl halides is 3. The molecule has 0 radical (unpaired) electrons. The fraction of sp³-hybridized carbons (Fsp3) is 0.261. The van der Waals surface area contributed by atoms with Gasteiger partial charge in [-0.25, -0.2) is 14.1 Å². The molecular weight excluding hydrogens is 436 g/mol. The smallest absolute Gasteiger partial charge is 0.354 e. The molecule has 0 fully saturated rings. The maximum Gasteiger partial charge on any atom is 0.416 e. The molecule has 4 rings (SSSR count). The van der Waals surface area contributed by atoms with Crippen LogP contribution in [-0.2, 0) is 13.2 Å². The lowest BCUT2D eigenvalue weighted by atomic mass is 10.00. The SMILES string of the molecule is Cn1nc(-c2ccc(-c3cc(C(F)(F)F)ccc3F)cc2)c2cnc(NCCCCN)nc21. The minimum absolute atomic E-state index is 0.115. The summed E-state index contributed by atoms with van der Waals surface area (Å²) in [6, 6.07) is 8.90. The lowest BCUT2D eigenvalue weighted by Gasteiger charge is -2.10. The van der Waals surface area contributed by atoms with Gasteiger partial charge in [-0.1, -0.05) is 24.3 Å². The molecule has 0 bridgehead atoms. The Balaban J connectivity index is 1.62. The third-order valence-electron chi connectivity index (χ3n) is 5.26. The largest absolute Gasteiger partial charge is 0.416 e. The van der Waals surface area contributed by atoms with Gasteiger partial charge < -0.3 is 11.1 Å². The van der Waals surface area contributed by atoms with E-state index in [9.17, 15) is 17.6 Å². The molecule has 0 saturated heterocycles. The molecule has 0 atom stereocenters. The maximum atomic E-state index is 14.2. The van der Waals surface area contributed by atoms with E-state index in [4.69, 9.17) is 5.73 Å². The first-order valence-electron chi connectivity index (χ1n) is 10.4. The topological polar surface area (TPSA) is 81.7 Å². The van der Waals surface area contributed by atoms with Gasteiger partial charge >= 0.3 is 6.18 Å². The molecule has 2 aromatic carbocycles. The van der Waals surface area contributed by atoms with Gasteiger partial charge in [0.2, 0.25) is 5.95 Å². The van der Waals surface area contributed by atoms with Gasteiger partial charge in [-0.3, -0.25) is 0 Å². The number of hydrogen-bond donors (Lipinski definition) is 2. The van der Waals surface area contributed by atoms with E-state index in [2.05, 4.69) is 20.4 Å². The Morgan fingerprint density at radius 3 is 2.45 bits per heavy atom. The van der Waals surface area contributed by atoms with E-state index in [0.29, 0.717) is 41.5 Å². The summed E-state index contributed by atoms with van der Waals surface area (Å²) in [5.74, 6) is -0.233. The third-order valence-corrected chi connectivity index (χ3v) is 5.26. The van der Waals surface area contributed by atoms with Gasteiger partial charge in [-0.2, -0.15) is 23.3 Å². The van der Waals surface area contributed by atoms with Crippen LogP contribution in [0.5, 0.6) is 0 Å². The van der Waals surface area contributed by atoms with E-state index in [0.717, 1.165) is 36.4 Å². The van der Waals surface area contributed by atoms with Gasteiger partial charge in [-0.15, -0.1) is 0 Å². The second-order valence-electron chi connectivity index (χ2n) is 7.60. The fourth-order valence-electron chi connectivity index (χ4n) is 3.54. The van der Waals surface area contributed by atoms with E-state index in [1.54, 1.807) is 42.2 Å². The summed E-state index contributed by atoms with van der Waals surface area (Å²) in [4.78, 5) is 8.87. The number of unbranched alkanes of at least 4 members (excludes halogenated alkanes) is 1. The van der Waals surface area contributed by atoms with Gasteiger partial charge in [0.1, 0.15) is 11.5 Å². The molecule has 172 valence electrons. The number of aromatic nitrogens is 4. The van der Waals surface area contributed by atoms with Crippen LogP contribution in [-0.4, -0.2) is 32.8 Å². The zero-order valence-electron chi connectivity index (χ0n) is 17.8. The average Bonchev–Trinajstić information content (AvgIpc) is 3.12. The highest BCUT2D eigenvalue weighted by Gasteiger charge is 2.31. The molecule has 3 N–H and O–H groups in total. The minimum atomic E-state index is -4.55. The fourth-order valence-corrected chi connectivity index (χ4v) is 3.54. The van der Waals surface area contributed by atoms with Crippen molar-refractivity contribution in [3.63, 3.8) is 0 Å². The predicted octanol–water partition coefficient (Wildman–Crippen LogP) is 5.01. The molecule has 0 saturated carbocycles. The van der Waals surface area contributed by atoms with Crippen LogP contribution in [0.4, 0.5) is 23.5 Å². The van der Waals surface area contributed by atoms with Gasteiger partial charge in [0.05, 0.1) is 10.9 Å². The number of nitrogens with one attached hydrogen (secondary N) is 1. The minimum Gasteiger partial charge on any atom is -0.354 e. The lowest BCUT2D eigenvalue weighted by molar-refractivity contribution is -0.137. The van der Waals surface area contributed by atoms with Crippen molar-refractivity contribution in [2.45, 2.75) is 19.0 Å². The number of fused-ring (bicyclic) bond motifs is 1. The standard InChI is InChI=1S/C23H22F4N6/c1-33-21-18(13-30-22(31-21)29-11-3-2-10-28)20(32-33)15-6-4-14(5-7-15)17-12-16(23(25,26)27)8-9-19(17)24/h4-9,12-13H,2-3,10-11,28H2,1H3,(H,29,30,31). The Morgan fingerprint density at radius 2 is 1.76 bits per heavy atom. The highest BCUT2D eigenvalue weighted by atomic mass is 19.4. The number of halogens is 4. The second-order valence-corrected chi connectivity index (χ2v) is 7.60. The van der Waals surface area contributed by atoms with Crippen molar-refractivity contribution in [3.05, 3.63) is 60.0 Å². The van der Waals surface area contributed by atoms with Crippen molar-refractivity contribution in [1.82, 2.24) is 19.7 Å². The number of nitrogens with zero attached hydrogens (tertiary/aromatic N) is 4. The predicted molar refractivity (Wildman–Crippen MR) is 119 cm³/mol. The van der Waals surface area contributed by atoms with Crippen LogP contribution in [0.2, 0.25) is 0 Å². The summed E-state index contributed by atoms with van der Waals surface area (Å²) in [6.07, 6.45) is -1.05. The Bertz CT molecular complexity index is 1260. The zero-order valence-corrected chi connectivity index (χ0v) is 17.8. The van der Waals surface area contributed by atoms with E-state index in [1.807, 2.05) is 0 Å². The number of aryl methyl sites for hydroxylation is 1. The summed E-state index contributed by atoms with van der Waals surface area (Å²) >= 11 is 0. The molecule has 0 aliphatic rings. The molecule has 2 heterocycles. The highest BCUT2D eigenvalue weighted by Crippen LogP contribution is 2.35. The van der Waals surface area contributed by atoms with Gasteiger partial charge in [-0.05, 0) is 43.1 Å². The normalized spacial score (nSPS) is 11.8. The van der Waals surface area contributed by atoms with Gasteiger partial charge in [0.25, 0.3) is 0 Å². The number of anilines is 1. The maximum absolute atomic E-state index is 14.2. The number of rotatable bonds is 7. The van der Waals surface area contributed by atoms with Crippen molar-refractivity contribution < 1.29 is 17.6 Å². The van der Waals surface area contributed by atoms with Gasteiger partial charge in [0, 0.05) is 30.9 Å². The molecule has 0 spiro atoms. The Labute approximate surface area is 187 Å². The average molecular weight is 458 g/mol. The van der Waals surface area contributed by atoms with Crippen LogP contribution in [0.3, 0.4) is 0 Å². The summed E-state index contributed by atoms with van der Waals surface area (Å²) in [7, 11) is 1.77. The first-order chi connectivity index (χ1) is 15.8. The molecule has 4 aromatic rings. The molecule has 0 amide bonds. The summed E-state index contributed by atoms with van der Waals surface area (Å²) in [6.45, 7) is 1.34. The molecule has 2 aromatic heterocycles. The quantitative estimate of drug-likeness (QED) is 0.301. The van der Waals surface area contributed by atoms with Crippen molar-refractivity contribution in [2.75, 3.05) is 18.4 Å². The van der Waals surface area contributed by atoms with Crippen molar-refractivity contribution in [3.8, 4) is 22.4 Å². The molecule has 10 heteroatoms. The van der Waals surface area contributed by atoms with E-state index in [-0.39, 0.29) is 5.56 Å². The molecular formula is C23H22F4N6. The zero-order chi connectivity index (χ0) is 23.6. The molecule has 33 heavy (non-hydrogen) atoms. The monoisotopic (exact) mass is 458 g/mol. The Morgan fingerprint density at radius 1 is 1.03 bits per heavy atom. The third kappa shape index (κ3) is 4.80. The van der Waals surface area contributed by atoms with Gasteiger partial charge in [0.15, 0.2) is 5.65 Å². The molecule has 0 aliphatic carbocycles. The van der Waals surface area contributed by atoms with Crippen LogP contribution in [0.1, 0.15) is 18.4 Å². The summed E-state index contributed by atoms with van der Waals surface area (Å²) in [5, 5.41) is 8.41. The first kappa shape index (κ1) is 22.7. The molecule has 0 unspecified atom stereocenters.